The molecule has 29 heavy (non-hydrogen) atoms. The Morgan fingerprint density at radius 2 is 1.72 bits per heavy atom. The van der Waals surface area contributed by atoms with Gasteiger partial charge in [-0.05, 0) is 50.5 Å². The molecule has 0 N–H and O–H groups in total. The lowest BCUT2D eigenvalue weighted by Crippen LogP contribution is -2.27. The normalized spacial score (nSPS) is 11.2. The number of carbonyl (C=O) groups is 1. The molecule has 5 heteroatoms. The maximum absolute atomic E-state index is 13.3. The van der Waals surface area contributed by atoms with Crippen LogP contribution in [0.1, 0.15) is 32.9 Å². The van der Waals surface area contributed by atoms with Gasteiger partial charge in [-0.25, -0.2) is 4.98 Å². The van der Waals surface area contributed by atoms with E-state index in [0.29, 0.717) is 21.6 Å². The summed E-state index contributed by atoms with van der Waals surface area (Å²) >= 11 is 1.46. The zero-order valence-corrected chi connectivity index (χ0v) is 17.8. The van der Waals surface area contributed by atoms with E-state index in [-0.39, 0.29) is 17.9 Å². The van der Waals surface area contributed by atoms with E-state index < -0.39 is 0 Å². The number of fused-ring (bicyclic) bond motifs is 1. The summed E-state index contributed by atoms with van der Waals surface area (Å²) < 4.78 is 1.49. The van der Waals surface area contributed by atoms with Crippen molar-refractivity contribution >= 4 is 27.3 Å². The number of hydrogen-bond donors (Lipinski definition) is 0. The Morgan fingerprint density at radius 1 is 1.00 bits per heavy atom. The van der Waals surface area contributed by atoms with Crippen LogP contribution in [0.3, 0.4) is 0 Å². The summed E-state index contributed by atoms with van der Waals surface area (Å²) in [6, 6.07) is 13.7. The first-order valence-corrected chi connectivity index (χ1v) is 10.4. The van der Waals surface area contributed by atoms with Crippen LogP contribution in [0.5, 0.6) is 0 Å². The fourth-order valence-electron chi connectivity index (χ4n) is 3.41. The van der Waals surface area contributed by atoms with Gasteiger partial charge in [0.15, 0.2) is 5.78 Å². The van der Waals surface area contributed by atoms with E-state index >= 15 is 0 Å². The van der Waals surface area contributed by atoms with Crippen molar-refractivity contribution in [3.05, 3.63) is 86.3 Å². The Morgan fingerprint density at radius 3 is 2.41 bits per heavy atom. The second-order valence-corrected chi connectivity index (χ2v) is 8.33. The zero-order chi connectivity index (χ0) is 20.7. The molecule has 0 atom stereocenters. The van der Waals surface area contributed by atoms with Gasteiger partial charge in [-0.3, -0.25) is 14.2 Å². The molecule has 0 radical (unpaired) electrons. The van der Waals surface area contributed by atoms with Crippen molar-refractivity contribution in [3.63, 3.8) is 0 Å². The Balaban J connectivity index is 1.79. The molecule has 0 saturated carbocycles. The van der Waals surface area contributed by atoms with Crippen molar-refractivity contribution in [3.8, 4) is 11.1 Å². The molecule has 0 saturated heterocycles. The minimum Gasteiger partial charge on any atom is -0.292 e. The van der Waals surface area contributed by atoms with Crippen molar-refractivity contribution in [1.82, 2.24) is 9.55 Å². The molecule has 0 unspecified atom stereocenters. The third-order valence-corrected chi connectivity index (χ3v) is 6.25. The summed E-state index contributed by atoms with van der Waals surface area (Å²) in [6.45, 7) is 7.79. The largest absolute Gasteiger partial charge is 0.292 e. The molecule has 0 amide bonds. The van der Waals surface area contributed by atoms with Crippen LogP contribution in [0.2, 0.25) is 0 Å². The lowest BCUT2D eigenvalue weighted by Gasteiger charge is -2.10. The van der Waals surface area contributed by atoms with E-state index in [2.05, 4.69) is 4.98 Å². The maximum Gasteiger partial charge on any atom is 0.263 e. The highest BCUT2D eigenvalue weighted by atomic mass is 32.1. The first kappa shape index (κ1) is 19.3. The average molecular weight is 403 g/mol. The number of hydrogen-bond acceptors (Lipinski definition) is 4. The third kappa shape index (κ3) is 3.54. The van der Waals surface area contributed by atoms with Gasteiger partial charge in [0.25, 0.3) is 5.56 Å². The molecule has 0 bridgehead atoms. The maximum atomic E-state index is 13.3. The topological polar surface area (TPSA) is 52.0 Å². The number of nitrogens with zero attached hydrogens (tertiary/aromatic N) is 2. The smallest absolute Gasteiger partial charge is 0.263 e. The molecule has 0 aliphatic heterocycles. The summed E-state index contributed by atoms with van der Waals surface area (Å²) in [5.41, 5.74) is 5.67. The summed E-state index contributed by atoms with van der Waals surface area (Å²) in [7, 11) is 0. The van der Waals surface area contributed by atoms with Gasteiger partial charge in [-0.2, -0.15) is 0 Å². The van der Waals surface area contributed by atoms with Crippen LogP contribution < -0.4 is 5.56 Å². The Kier molecular flexibility index (Phi) is 4.92. The van der Waals surface area contributed by atoms with Crippen molar-refractivity contribution in [2.75, 3.05) is 0 Å². The standard InChI is InChI=1S/C24H22N2O2S/c1-14-5-8-18(9-6-14)20-13-29-23-22(20)24(28)26(17(4)25-23)12-21(27)19-10-7-15(2)16(3)11-19/h5-11,13H,12H2,1-4H3. The average Bonchev–Trinajstić information content (AvgIpc) is 3.11. The van der Waals surface area contributed by atoms with Crippen LogP contribution in [0.25, 0.3) is 21.3 Å². The number of thiophene rings is 1. The Hall–Kier alpha value is -3.05. The molecule has 4 rings (SSSR count). The molecule has 146 valence electrons. The molecule has 4 aromatic rings. The monoisotopic (exact) mass is 402 g/mol. The number of aromatic nitrogens is 2. The van der Waals surface area contributed by atoms with Crippen LogP contribution >= 0.6 is 11.3 Å². The predicted octanol–water partition coefficient (Wildman–Crippen LogP) is 5.24. The minimum absolute atomic E-state index is 0.0146. The fraction of sp³-hybridized carbons (Fsp3) is 0.208. The van der Waals surface area contributed by atoms with Gasteiger partial charge in [0.2, 0.25) is 0 Å². The molecular weight excluding hydrogens is 380 g/mol. The van der Waals surface area contributed by atoms with E-state index in [9.17, 15) is 9.59 Å². The third-order valence-electron chi connectivity index (χ3n) is 5.38. The number of ketones is 1. The molecule has 0 aliphatic rings. The minimum atomic E-state index is -0.165. The van der Waals surface area contributed by atoms with E-state index in [4.69, 9.17) is 0 Å². The molecule has 0 fully saturated rings. The highest BCUT2D eigenvalue weighted by Gasteiger charge is 2.18. The van der Waals surface area contributed by atoms with Crippen molar-refractivity contribution in [2.45, 2.75) is 34.2 Å². The number of carbonyl (C=O) groups excluding carboxylic acids is 1. The highest BCUT2D eigenvalue weighted by molar-refractivity contribution is 7.17. The van der Waals surface area contributed by atoms with Gasteiger partial charge in [-0.15, -0.1) is 11.3 Å². The zero-order valence-electron chi connectivity index (χ0n) is 16.9. The van der Waals surface area contributed by atoms with E-state index in [1.807, 2.05) is 68.6 Å². The van der Waals surface area contributed by atoms with Gasteiger partial charge < -0.3 is 0 Å². The van der Waals surface area contributed by atoms with Crippen molar-refractivity contribution in [2.24, 2.45) is 0 Å². The quantitative estimate of drug-likeness (QED) is 0.439. The molecule has 0 aliphatic carbocycles. The van der Waals surface area contributed by atoms with Crippen LogP contribution in [0.15, 0.2) is 52.6 Å². The van der Waals surface area contributed by atoms with E-state index in [0.717, 1.165) is 22.3 Å². The van der Waals surface area contributed by atoms with Gasteiger partial charge in [-0.1, -0.05) is 42.0 Å². The Bertz CT molecular complexity index is 1300. The Labute approximate surface area is 173 Å². The number of aryl methyl sites for hydroxylation is 4. The SMILES string of the molecule is Cc1ccc(-c2csc3nc(C)n(CC(=O)c4ccc(C)c(C)c4)c(=O)c23)cc1. The van der Waals surface area contributed by atoms with Crippen molar-refractivity contribution in [1.29, 1.82) is 0 Å². The summed E-state index contributed by atoms with van der Waals surface area (Å²) in [5.74, 6) is 0.462. The second kappa shape index (κ2) is 7.41. The molecular formula is C24H22N2O2S. The van der Waals surface area contributed by atoms with Crippen LogP contribution in [0, 0.1) is 27.7 Å². The lowest BCUT2D eigenvalue weighted by atomic mass is 10.0. The molecule has 0 spiro atoms. The number of rotatable bonds is 4. The van der Waals surface area contributed by atoms with Gasteiger partial charge in [0, 0.05) is 16.5 Å². The summed E-state index contributed by atoms with van der Waals surface area (Å²) in [4.78, 5) is 31.5. The first-order chi connectivity index (χ1) is 13.8. The molecule has 2 heterocycles. The van der Waals surface area contributed by atoms with Crippen LogP contribution in [-0.2, 0) is 6.54 Å². The van der Waals surface area contributed by atoms with Gasteiger partial charge in [0.05, 0.1) is 11.9 Å². The van der Waals surface area contributed by atoms with Crippen LogP contribution in [-0.4, -0.2) is 15.3 Å². The number of Topliss-reactive ketones (excluding diaryl/α,β-unsaturated/α-hetero) is 1. The van der Waals surface area contributed by atoms with Crippen LogP contribution in [0.4, 0.5) is 0 Å². The van der Waals surface area contributed by atoms with E-state index in [1.165, 1.54) is 21.5 Å². The van der Waals surface area contributed by atoms with Gasteiger partial charge in [0.1, 0.15) is 10.7 Å². The second-order valence-electron chi connectivity index (χ2n) is 7.47. The van der Waals surface area contributed by atoms with E-state index in [1.54, 1.807) is 6.92 Å². The molecule has 4 nitrogen and oxygen atoms in total. The highest BCUT2D eigenvalue weighted by Crippen LogP contribution is 2.31. The predicted molar refractivity (Wildman–Crippen MR) is 119 cm³/mol. The summed E-state index contributed by atoms with van der Waals surface area (Å²) in [5, 5.41) is 2.55. The lowest BCUT2D eigenvalue weighted by molar-refractivity contribution is 0.0969. The fourth-order valence-corrected chi connectivity index (χ4v) is 4.39. The van der Waals surface area contributed by atoms with Gasteiger partial charge >= 0.3 is 0 Å². The molecule has 2 aromatic heterocycles. The summed E-state index contributed by atoms with van der Waals surface area (Å²) in [6.07, 6.45) is 0. The first-order valence-electron chi connectivity index (χ1n) is 9.51. The number of benzene rings is 2. The van der Waals surface area contributed by atoms with Crippen molar-refractivity contribution < 1.29 is 4.79 Å². The molecule has 2 aromatic carbocycles.